The second kappa shape index (κ2) is 8.63. The Morgan fingerprint density at radius 1 is 0.900 bits per heavy atom. The van der Waals surface area contributed by atoms with Crippen LogP contribution in [0.1, 0.15) is 67.9 Å². The molecule has 2 aromatic rings. The van der Waals surface area contributed by atoms with E-state index < -0.39 is 5.54 Å². The van der Waals surface area contributed by atoms with E-state index in [1.807, 2.05) is 50.2 Å². The average Bonchev–Trinajstić information content (AvgIpc) is 2.71. The first-order chi connectivity index (χ1) is 14.1. The standard InChI is InChI=1S/C26H34N2O2/c1-18-10-9-11-19(2)22(18)27-24(30)26(16-14-21(15-17-26)25(3,4)5)28-23(29)20-12-7-6-8-13-20/h6-13,21H,14-17H2,1-5H3,(H,27,30)(H,28,29). The maximum Gasteiger partial charge on any atom is 0.252 e. The van der Waals surface area contributed by atoms with Gasteiger partial charge in [-0.3, -0.25) is 9.59 Å². The lowest BCUT2D eigenvalue weighted by atomic mass is 9.67. The normalized spacial score (nSPS) is 21.7. The number of anilines is 1. The maximum atomic E-state index is 13.6. The van der Waals surface area contributed by atoms with Gasteiger partial charge in [-0.05, 0) is 74.1 Å². The van der Waals surface area contributed by atoms with Crippen molar-refractivity contribution in [2.45, 2.75) is 65.8 Å². The molecule has 160 valence electrons. The highest BCUT2D eigenvalue weighted by Crippen LogP contribution is 2.42. The molecule has 2 N–H and O–H groups in total. The molecule has 4 nitrogen and oxygen atoms in total. The minimum atomic E-state index is -0.899. The van der Waals surface area contributed by atoms with Gasteiger partial charge in [0.15, 0.2) is 0 Å². The zero-order chi connectivity index (χ0) is 21.9. The highest BCUT2D eigenvalue weighted by Gasteiger charge is 2.45. The summed E-state index contributed by atoms with van der Waals surface area (Å²) in [5, 5.41) is 6.27. The number of aryl methyl sites for hydroxylation is 2. The summed E-state index contributed by atoms with van der Waals surface area (Å²) < 4.78 is 0. The largest absolute Gasteiger partial charge is 0.338 e. The fourth-order valence-corrected chi connectivity index (χ4v) is 4.51. The van der Waals surface area contributed by atoms with Crippen LogP contribution in [0.25, 0.3) is 0 Å². The van der Waals surface area contributed by atoms with Gasteiger partial charge in [0.05, 0.1) is 0 Å². The second-order valence-corrected chi connectivity index (χ2v) is 9.76. The van der Waals surface area contributed by atoms with E-state index in [2.05, 4.69) is 31.4 Å². The molecule has 0 heterocycles. The SMILES string of the molecule is Cc1cccc(C)c1NC(=O)C1(NC(=O)c2ccccc2)CCC(C(C)(C)C)CC1. The Labute approximate surface area is 180 Å². The average molecular weight is 407 g/mol. The Bertz CT molecular complexity index is 884. The molecule has 1 fully saturated rings. The molecule has 0 bridgehead atoms. The molecule has 2 amide bonds. The Balaban J connectivity index is 1.88. The van der Waals surface area contributed by atoms with Crippen LogP contribution < -0.4 is 10.6 Å². The molecule has 3 rings (SSSR count). The smallest absolute Gasteiger partial charge is 0.252 e. The highest BCUT2D eigenvalue weighted by molar-refractivity contribution is 6.04. The summed E-state index contributed by atoms with van der Waals surface area (Å²) in [5.74, 6) is 0.227. The van der Waals surface area contributed by atoms with Crippen LogP contribution in [0.5, 0.6) is 0 Å². The number of carbonyl (C=O) groups excluding carboxylic acids is 2. The third kappa shape index (κ3) is 4.75. The van der Waals surface area contributed by atoms with E-state index in [1.165, 1.54) is 0 Å². The quantitative estimate of drug-likeness (QED) is 0.689. The molecule has 1 aliphatic carbocycles. The van der Waals surface area contributed by atoms with Crippen molar-refractivity contribution >= 4 is 17.5 Å². The van der Waals surface area contributed by atoms with Gasteiger partial charge in [-0.1, -0.05) is 57.2 Å². The van der Waals surface area contributed by atoms with Crippen LogP contribution in [0.15, 0.2) is 48.5 Å². The molecule has 4 heteroatoms. The van der Waals surface area contributed by atoms with Gasteiger partial charge in [0.2, 0.25) is 5.91 Å². The van der Waals surface area contributed by atoms with Crippen molar-refractivity contribution in [3.8, 4) is 0 Å². The number of nitrogens with one attached hydrogen (secondary N) is 2. The summed E-state index contributed by atoms with van der Waals surface area (Å²) in [6, 6.07) is 15.1. The number of para-hydroxylation sites is 1. The highest BCUT2D eigenvalue weighted by atomic mass is 16.2. The summed E-state index contributed by atoms with van der Waals surface area (Å²) >= 11 is 0. The molecular weight excluding hydrogens is 372 g/mol. The summed E-state index contributed by atoms with van der Waals surface area (Å²) in [6.07, 6.45) is 3.12. The monoisotopic (exact) mass is 406 g/mol. The van der Waals surface area contributed by atoms with Crippen molar-refractivity contribution in [3.63, 3.8) is 0 Å². The van der Waals surface area contributed by atoms with Crippen LogP contribution in [-0.4, -0.2) is 17.4 Å². The van der Waals surface area contributed by atoms with E-state index in [4.69, 9.17) is 0 Å². The Morgan fingerprint density at radius 3 is 2.00 bits per heavy atom. The number of benzene rings is 2. The molecule has 1 aliphatic rings. The fraction of sp³-hybridized carbons (Fsp3) is 0.462. The van der Waals surface area contributed by atoms with Gasteiger partial charge in [0, 0.05) is 11.3 Å². The number of amides is 2. The van der Waals surface area contributed by atoms with E-state index >= 15 is 0 Å². The van der Waals surface area contributed by atoms with Crippen molar-refractivity contribution in [2.75, 3.05) is 5.32 Å². The minimum Gasteiger partial charge on any atom is -0.338 e. The molecule has 0 saturated heterocycles. The molecule has 1 saturated carbocycles. The first-order valence-corrected chi connectivity index (χ1v) is 10.9. The van der Waals surface area contributed by atoms with Crippen molar-refractivity contribution in [3.05, 3.63) is 65.2 Å². The van der Waals surface area contributed by atoms with E-state index in [1.54, 1.807) is 12.1 Å². The molecule has 0 aromatic heterocycles. The first-order valence-electron chi connectivity index (χ1n) is 10.9. The molecule has 30 heavy (non-hydrogen) atoms. The third-order valence-electron chi connectivity index (χ3n) is 6.61. The van der Waals surface area contributed by atoms with Gasteiger partial charge in [-0.2, -0.15) is 0 Å². The topological polar surface area (TPSA) is 58.2 Å². The number of rotatable bonds is 4. The zero-order valence-electron chi connectivity index (χ0n) is 18.8. The van der Waals surface area contributed by atoms with Crippen LogP contribution in [-0.2, 0) is 4.79 Å². The van der Waals surface area contributed by atoms with Crippen molar-refractivity contribution in [1.29, 1.82) is 0 Å². The molecular formula is C26H34N2O2. The molecule has 0 aliphatic heterocycles. The lowest BCUT2D eigenvalue weighted by Gasteiger charge is -2.43. The Hall–Kier alpha value is -2.62. The fourth-order valence-electron chi connectivity index (χ4n) is 4.51. The van der Waals surface area contributed by atoms with E-state index in [0.717, 1.165) is 29.7 Å². The molecule has 0 atom stereocenters. The van der Waals surface area contributed by atoms with E-state index in [9.17, 15) is 9.59 Å². The predicted molar refractivity (Wildman–Crippen MR) is 123 cm³/mol. The van der Waals surface area contributed by atoms with Gasteiger partial charge >= 0.3 is 0 Å². The number of hydrogen-bond donors (Lipinski definition) is 2. The van der Waals surface area contributed by atoms with E-state index in [0.29, 0.717) is 24.3 Å². The van der Waals surface area contributed by atoms with Crippen LogP contribution >= 0.6 is 0 Å². The zero-order valence-corrected chi connectivity index (χ0v) is 18.8. The summed E-state index contributed by atoms with van der Waals surface area (Å²) in [4.78, 5) is 26.6. The van der Waals surface area contributed by atoms with Gasteiger partial charge in [0.25, 0.3) is 5.91 Å². The predicted octanol–water partition coefficient (Wildman–Crippen LogP) is 5.65. The summed E-state index contributed by atoms with van der Waals surface area (Å²) in [5.41, 5.74) is 2.76. The van der Waals surface area contributed by atoms with Crippen molar-refractivity contribution in [1.82, 2.24) is 5.32 Å². The van der Waals surface area contributed by atoms with Crippen molar-refractivity contribution in [2.24, 2.45) is 11.3 Å². The molecule has 2 aromatic carbocycles. The maximum absolute atomic E-state index is 13.6. The van der Waals surface area contributed by atoms with Crippen LogP contribution in [0, 0.1) is 25.2 Å². The molecule has 0 radical (unpaired) electrons. The molecule has 0 spiro atoms. The first kappa shape index (κ1) is 22.1. The van der Waals surface area contributed by atoms with Gasteiger partial charge in [0.1, 0.15) is 5.54 Å². The number of carbonyl (C=O) groups is 2. The van der Waals surface area contributed by atoms with Gasteiger partial charge < -0.3 is 10.6 Å². The third-order valence-corrected chi connectivity index (χ3v) is 6.61. The van der Waals surface area contributed by atoms with Crippen molar-refractivity contribution < 1.29 is 9.59 Å². The lowest BCUT2D eigenvalue weighted by molar-refractivity contribution is -0.124. The lowest BCUT2D eigenvalue weighted by Crippen LogP contribution is -2.59. The summed E-state index contributed by atoms with van der Waals surface area (Å²) in [6.45, 7) is 10.8. The Morgan fingerprint density at radius 2 is 1.47 bits per heavy atom. The van der Waals surface area contributed by atoms with E-state index in [-0.39, 0.29) is 17.2 Å². The minimum absolute atomic E-state index is 0.114. The van der Waals surface area contributed by atoms with Gasteiger partial charge in [-0.25, -0.2) is 0 Å². The second-order valence-electron chi connectivity index (χ2n) is 9.76. The van der Waals surface area contributed by atoms with Gasteiger partial charge in [-0.15, -0.1) is 0 Å². The summed E-state index contributed by atoms with van der Waals surface area (Å²) in [7, 11) is 0. The Kier molecular flexibility index (Phi) is 6.35. The number of hydrogen-bond acceptors (Lipinski definition) is 2. The molecule has 0 unspecified atom stereocenters. The van der Waals surface area contributed by atoms with Crippen LogP contribution in [0.4, 0.5) is 5.69 Å². The van der Waals surface area contributed by atoms with Crippen LogP contribution in [0.3, 0.4) is 0 Å². The van der Waals surface area contributed by atoms with Crippen LogP contribution in [0.2, 0.25) is 0 Å².